The molecule has 1 heterocycles. The van der Waals surface area contributed by atoms with Crippen LogP contribution < -0.4 is 19.6 Å². The van der Waals surface area contributed by atoms with E-state index in [1.807, 2.05) is 24.3 Å². The van der Waals surface area contributed by atoms with Gasteiger partial charge < -0.3 is 14.2 Å². The van der Waals surface area contributed by atoms with Gasteiger partial charge in [-0.3, -0.25) is 9.89 Å². The molecule has 0 spiro atoms. The predicted molar refractivity (Wildman–Crippen MR) is 105 cm³/mol. The molecule has 0 bridgehead atoms. The zero-order valence-electron chi connectivity index (χ0n) is 15.7. The number of hydrazone groups is 1. The number of ether oxygens (including phenoxy) is 3. The van der Waals surface area contributed by atoms with E-state index in [4.69, 9.17) is 14.2 Å². The summed E-state index contributed by atoms with van der Waals surface area (Å²) >= 11 is 0. The summed E-state index contributed by atoms with van der Waals surface area (Å²) in [5.41, 5.74) is 5.30. The molecular formula is C20H20N4O4. The lowest BCUT2D eigenvalue weighted by molar-refractivity contribution is 0.0954. The molecule has 0 aliphatic rings. The molecule has 0 radical (unpaired) electrons. The Hall–Kier alpha value is -3.81. The van der Waals surface area contributed by atoms with Crippen molar-refractivity contribution in [3.05, 3.63) is 59.8 Å². The van der Waals surface area contributed by atoms with Crippen LogP contribution in [-0.4, -0.2) is 43.6 Å². The highest BCUT2D eigenvalue weighted by molar-refractivity contribution is 5.96. The quantitative estimate of drug-likeness (QED) is 0.485. The van der Waals surface area contributed by atoms with E-state index < -0.39 is 0 Å². The Kier molecular flexibility index (Phi) is 5.91. The Labute approximate surface area is 162 Å². The lowest BCUT2D eigenvalue weighted by Gasteiger charge is -2.07. The molecule has 0 unspecified atom stereocenters. The Morgan fingerprint density at radius 1 is 1.00 bits per heavy atom. The summed E-state index contributed by atoms with van der Waals surface area (Å²) in [7, 11) is 4.66. The van der Waals surface area contributed by atoms with Gasteiger partial charge in [-0.1, -0.05) is 0 Å². The third-order valence-electron chi connectivity index (χ3n) is 4.03. The maximum Gasteiger partial charge on any atom is 0.271 e. The van der Waals surface area contributed by atoms with Crippen LogP contribution in [0.2, 0.25) is 0 Å². The molecule has 0 aliphatic carbocycles. The molecule has 0 saturated heterocycles. The summed E-state index contributed by atoms with van der Waals surface area (Å²) in [6.45, 7) is 0. The van der Waals surface area contributed by atoms with E-state index in [1.165, 1.54) is 20.4 Å². The van der Waals surface area contributed by atoms with Crippen molar-refractivity contribution >= 4 is 12.1 Å². The van der Waals surface area contributed by atoms with Crippen LogP contribution in [0.25, 0.3) is 11.3 Å². The molecule has 1 amide bonds. The van der Waals surface area contributed by atoms with Gasteiger partial charge in [-0.25, -0.2) is 5.43 Å². The fourth-order valence-corrected chi connectivity index (χ4v) is 2.55. The third-order valence-corrected chi connectivity index (χ3v) is 4.03. The smallest absolute Gasteiger partial charge is 0.271 e. The van der Waals surface area contributed by atoms with Gasteiger partial charge in [0.2, 0.25) is 0 Å². The first-order valence-corrected chi connectivity index (χ1v) is 8.39. The van der Waals surface area contributed by atoms with Gasteiger partial charge in [0.25, 0.3) is 5.91 Å². The van der Waals surface area contributed by atoms with Crippen molar-refractivity contribution in [3.8, 4) is 28.5 Å². The molecule has 3 aromatic rings. The maximum atomic E-state index is 12.4. The van der Waals surface area contributed by atoms with E-state index >= 15 is 0 Å². The third kappa shape index (κ3) is 4.29. The van der Waals surface area contributed by atoms with Crippen molar-refractivity contribution in [3.63, 3.8) is 0 Å². The van der Waals surface area contributed by atoms with Crippen LogP contribution in [0.3, 0.4) is 0 Å². The van der Waals surface area contributed by atoms with Gasteiger partial charge >= 0.3 is 0 Å². The first-order chi connectivity index (χ1) is 13.6. The number of rotatable bonds is 7. The number of H-pyrrole nitrogens is 1. The SMILES string of the molecule is COc1ccc(-c2[nH]ncc2/C=N/NC(=O)c2cc(OC)cc(OC)c2)cc1. The first kappa shape index (κ1) is 19.0. The van der Waals surface area contributed by atoms with Crippen LogP contribution in [0.4, 0.5) is 0 Å². The van der Waals surface area contributed by atoms with Crippen molar-refractivity contribution < 1.29 is 19.0 Å². The molecular weight excluding hydrogens is 360 g/mol. The van der Waals surface area contributed by atoms with Crippen molar-refractivity contribution in [1.29, 1.82) is 0 Å². The Morgan fingerprint density at radius 2 is 1.64 bits per heavy atom. The average Bonchev–Trinajstić information content (AvgIpc) is 3.21. The molecule has 0 saturated carbocycles. The predicted octanol–water partition coefficient (Wildman–Crippen LogP) is 2.87. The molecule has 0 aliphatic heterocycles. The molecule has 2 aromatic carbocycles. The number of aromatic nitrogens is 2. The average molecular weight is 380 g/mol. The minimum absolute atomic E-state index is 0.371. The summed E-state index contributed by atoms with van der Waals surface area (Å²) in [5.74, 6) is 1.41. The zero-order chi connectivity index (χ0) is 19.9. The molecule has 28 heavy (non-hydrogen) atoms. The number of hydrogen-bond donors (Lipinski definition) is 2. The van der Waals surface area contributed by atoms with Gasteiger partial charge in [-0.2, -0.15) is 10.2 Å². The minimum atomic E-state index is -0.386. The minimum Gasteiger partial charge on any atom is -0.497 e. The lowest BCUT2D eigenvalue weighted by Crippen LogP contribution is -2.17. The van der Waals surface area contributed by atoms with E-state index in [2.05, 4.69) is 20.7 Å². The van der Waals surface area contributed by atoms with Gasteiger partial charge in [0.15, 0.2) is 0 Å². The number of hydrogen-bond acceptors (Lipinski definition) is 6. The van der Waals surface area contributed by atoms with Crippen LogP contribution in [0.15, 0.2) is 53.8 Å². The van der Waals surface area contributed by atoms with Crippen LogP contribution >= 0.6 is 0 Å². The van der Waals surface area contributed by atoms with Gasteiger partial charge in [-0.15, -0.1) is 0 Å². The van der Waals surface area contributed by atoms with Gasteiger partial charge in [-0.05, 0) is 36.4 Å². The molecule has 8 heteroatoms. The fourth-order valence-electron chi connectivity index (χ4n) is 2.55. The number of methoxy groups -OCH3 is 3. The van der Waals surface area contributed by atoms with E-state index in [-0.39, 0.29) is 5.91 Å². The monoisotopic (exact) mass is 380 g/mol. The molecule has 8 nitrogen and oxygen atoms in total. The molecule has 0 fully saturated rings. The number of benzene rings is 2. The number of nitrogens with zero attached hydrogens (tertiary/aromatic N) is 2. The standard InChI is InChI=1S/C20H20N4O4/c1-26-16-6-4-13(5-7-16)19-15(11-21-23-19)12-22-24-20(25)14-8-17(27-2)10-18(9-14)28-3/h4-12H,1-3H3,(H,21,23)(H,24,25)/b22-12+. The Morgan fingerprint density at radius 3 is 2.25 bits per heavy atom. The van der Waals surface area contributed by atoms with Crippen LogP contribution in [-0.2, 0) is 0 Å². The number of amides is 1. The van der Waals surface area contributed by atoms with E-state index in [9.17, 15) is 4.79 Å². The molecule has 144 valence electrons. The van der Waals surface area contributed by atoms with Crippen LogP contribution in [0.5, 0.6) is 17.2 Å². The number of carbonyl (C=O) groups is 1. The maximum absolute atomic E-state index is 12.4. The largest absolute Gasteiger partial charge is 0.497 e. The zero-order valence-corrected chi connectivity index (χ0v) is 15.7. The molecule has 3 rings (SSSR count). The van der Waals surface area contributed by atoms with Crippen molar-refractivity contribution in [2.45, 2.75) is 0 Å². The van der Waals surface area contributed by atoms with Gasteiger partial charge in [0.05, 0.1) is 39.4 Å². The summed E-state index contributed by atoms with van der Waals surface area (Å²) in [5, 5.41) is 11.0. The first-order valence-electron chi connectivity index (χ1n) is 8.39. The van der Waals surface area contributed by atoms with Gasteiger partial charge in [0, 0.05) is 22.8 Å². The van der Waals surface area contributed by atoms with Crippen molar-refractivity contribution in [2.75, 3.05) is 21.3 Å². The van der Waals surface area contributed by atoms with E-state index in [1.54, 1.807) is 31.5 Å². The van der Waals surface area contributed by atoms with Crippen molar-refractivity contribution in [1.82, 2.24) is 15.6 Å². The Balaban J connectivity index is 1.73. The number of aromatic amines is 1. The fraction of sp³-hybridized carbons (Fsp3) is 0.150. The number of nitrogens with one attached hydrogen (secondary N) is 2. The van der Waals surface area contributed by atoms with Crippen molar-refractivity contribution in [2.24, 2.45) is 5.10 Å². The normalized spacial score (nSPS) is 10.7. The van der Waals surface area contributed by atoms with E-state index in [0.717, 1.165) is 22.6 Å². The summed E-state index contributed by atoms with van der Waals surface area (Å²) in [6, 6.07) is 12.4. The molecule has 1 aromatic heterocycles. The highest BCUT2D eigenvalue weighted by Crippen LogP contribution is 2.23. The van der Waals surface area contributed by atoms with Crippen LogP contribution in [0, 0.1) is 0 Å². The number of carbonyl (C=O) groups excluding carboxylic acids is 1. The second-order valence-electron chi connectivity index (χ2n) is 5.73. The second-order valence-corrected chi connectivity index (χ2v) is 5.73. The second kappa shape index (κ2) is 8.72. The summed E-state index contributed by atoms with van der Waals surface area (Å²) < 4.78 is 15.5. The lowest BCUT2D eigenvalue weighted by atomic mass is 10.1. The highest BCUT2D eigenvalue weighted by Gasteiger charge is 2.10. The topological polar surface area (TPSA) is 97.8 Å². The Bertz CT molecular complexity index is 958. The summed E-state index contributed by atoms with van der Waals surface area (Å²) in [4.78, 5) is 12.4. The summed E-state index contributed by atoms with van der Waals surface area (Å²) in [6.07, 6.45) is 3.15. The molecule has 0 atom stereocenters. The molecule has 2 N–H and O–H groups in total. The van der Waals surface area contributed by atoms with Gasteiger partial charge in [0.1, 0.15) is 17.2 Å². The van der Waals surface area contributed by atoms with E-state index in [0.29, 0.717) is 17.1 Å². The highest BCUT2D eigenvalue weighted by atomic mass is 16.5. The van der Waals surface area contributed by atoms with Crippen LogP contribution in [0.1, 0.15) is 15.9 Å².